The lowest BCUT2D eigenvalue weighted by Gasteiger charge is -2.22. The van der Waals surface area contributed by atoms with Gasteiger partial charge in [0.05, 0.1) is 10.6 Å². The minimum atomic E-state index is -0.513. The minimum Gasteiger partial charge on any atom is -0.421 e. The van der Waals surface area contributed by atoms with Crippen molar-refractivity contribution in [3.05, 3.63) is 57.1 Å². The fourth-order valence-electron chi connectivity index (χ4n) is 3.10. The van der Waals surface area contributed by atoms with Crippen LogP contribution in [0.4, 0.5) is 11.4 Å². The molecule has 0 bridgehead atoms. The summed E-state index contributed by atoms with van der Waals surface area (Å²) in [6, 6.07) is 11.0. The Labute approximate surface area is 142 Å². The van der Waals surface area contributed by atoms with Crippen LogP contribution in [0.2, 0.25) is 0 Å². The van der Waals surface area contributed by atoms with E-state index in [1.165, 1.54) is 11.3 Å². The molecule has 2 aromatic heterocycles. The van der Waals surface area contributed by atoms with Gasteiger partial charge in [0, 0.05) is 18.5 Å². The summed E-state index contributed by atoms with van der Waals surface area (Å²) in [5.74, 6) is -0.284. The molecule has 0 radical (unpaired) electrons. The molecule has 0 atom stereocenters. The number of carbonyl (C=O) groups is 1. The van der Waals surface area contributed by atoms with Crippen molar-refractivity contribution in [2.24, 2.45) is 0 Å². The molecule has 5 nitrogen and oxygen atoms in total. The second-order valence-electron chi connectivity index (χ2n) is 5.73. The molecule has 1 aliphatic rings. The first-order chi connectivity index (χ1) is 11.7. The van der Waals surface area contributed by atoms with Gasteiger partial charge in [-0.3, -0.25) is 4.79 Å². The van der Waals surface area contributed by atoms with Crippen LogP contribution in [0.25, 0.3) is 11.0 Å². The third kappa shape index (κ3) is 2.59. The maximum Gasteiger partial charge on any atom is 0.362 e. The number of hydrogen-bond donors (Lipinski definition) is 1. The van der Waals surface area contributed by atoms with Crippen LogP contribution in [0, 0.1) is 0 Å². The van der Waals surface area contributed by atoms with Gasteiger partial charge in [0.25, 0.3) is 5.91 Å². The SMILES string of the molecule is O=C(Nc1c(N2CCCC2)c2ccccc2oc1=O)c1cccs1. The van der Waals surface area contributed by atoms with Crippen molar-refractivity contribution < 1.29 is 9.21 Å². The van der Waals surface area contributed by atoms with E-state index in [9.17, 15) is 9.59 Å². The van der Waals surface area contributed by atoms with Crippen LogP contribution >= 0.6 is 11.3 Å². The Kier molecular flexibility index (Phi) is 3.82. The molecule has 0 saturated carbocycles. The predicted molar refractivity (Wildman–Crippen MR) is 96.2 cm³/mol. The molecule has 122 valence electrons. The quantitative estimate of drug-likeness (QED) is 0.738. The number of anilines is 2. The summed E-state index contributed by atoms with van der Waals surface area (Å²) in [7, 11) is 0. The average Bonchev–Trinajstić information content (AvgIpc) is 3.29. The molecule has 0 aliphatic carbocycles. The molecule has 1 N–H and O–H groups in total. The van der Waals surface area contributed by atoms with Crippen molar-refractivity contribution in [1.29, 1.82) is 0 Å². The molecular formula is C18H16N2O3S. The standard InChI is InChI=1S/C18H16N2O3S/c21-17(14-8-5-11-24-14)19-15-16(20-9-3-4-10-20)12-6-1-2-7-13(12)23-18(15)22/h1-2,5-8,11H,3-4,9-10H2,(H,19,21). The zero-order chi connectivity index (χ0) is 16.5. The molecule has 0 spiro atoms. The Morgan fingerprint density at radius 3 is 2.67 bits per heavy atom. The maximum absolute atomic E-state index is 12.5. The highest BCUT2D eigenvalue weighted by Crippen LogP contribution is 2.34. The van der Waals surface area contributed by atoms with Gasteiger partial charge in [-0.05, 0) is 36.4 Å². The predicted octanol–water partition coefficient (Wildman–Crippen LogP) is 3.71. The first-order valence-electron chi connectivity index (χ1n) is 7.90. The van der Waals surface area contributed by atoms with Crippen molar-refractivity contribution in [2.75, 3.05) is 23.3 Å². The number of benzene rings is 1. The molecule has 4 rings (SSSR count). The van der Waals surface area contributed by atoms with E-state index >= 15 is 0 Å². The Balaban J connectivity index is 1.86. The van der Waals surface area contributed by atoms with Gasteiger partial charge in [-0.15, -0.1) is 11.3 Å². The first kappa shape index (κ1) is 15.0. The van der Waals surface area contributed by atoms with E-state index in [0.717, 1.165) is 37.0 Å². The number of thiophene rings is 1. The highest BCUT2D eigenvalue weighted by molar-refractivity contribution is 7.12. The number of para-hydroxylation sites is 1. The molecule has 24 heavy (non-hydrogen) atoms. The van der Waals surface area contributed by atoms with Crippen LogP contribution in [-0.4, -0.2) is 19.0 Å². The summed E-state index contributed by atoms with van der Waals surface area (Å²) in [5, 5.41) is 5.45. The maximum atomic E-state index is 12.5. The number of rotatable bonds is 3. The smallest absolute Gasteiger partial charge is 0.362 e. The van der Waals surface area contributed by atoms with E-state index in [0.29, 0.717) is 10.5 Å². The Morgan fingerprint density at radius 1 is 1.12 bits per heavy atom. The van der Waals surface area contributed by atoms with Crippen molar-refractivity contribution in [1.82, 2.24) is 0 Å². The summed E-state index contributed by atoms with van der Waals surface area (Å²) in [6.45, 7) is 1.74. The van der Waals surface area contributed by atoms with Crippen molar-refractivity contribution in [3.63, 3.8) is 0 Å². The molecule has 6 heteroatoms. The van der Waals surface area contributed by atoms with Gasteiger partial charge in [0.2, 0.25) is 0 Å². The van der Waals surface area contributed by atoms with Gasteiger partial charge in [-0.2, -0.15) is 0 Å². The second-order valence-corrected chi connectivity index (χ2v) is 6.68. The van der Waals surface area contributed by atoms with Gasteiger partial charge in [0.15, 0.2) is 5.69 Å². The lowest BCUT2D eigenvalue weighted by Crippen LogP contribution is -2.25. The van der Waals surface area contributed by atoms with E-state index in [1.807, 2.05) is 29.6 Å². The topological polar surface area (TPSA) is 62.6 Å². The van der Waals surface area contributed by atoms with Gasteiger partial charge in [0.1, 0.15) is 5.58 Å². The Morgan fingerprint density at radius 2 is 1.92 bits per heavy atom. The first-order valence-corrected chi connectivity index (χ1v) is 8.77. The normalized spacial score (nSPS) is 14.2. The molecule has 1 aromatic carbocycles. The van der Waals surface area contributed by atoms with Gasteiger partial charge >= 0.3 is 5.63 Å². The van der Waals surface area contributed by atoms with Crippen molar-refractivity contribution in [3.8, 4) is 0 Å². The molecule has 1 fully saturated rings. The third-order valence-electron chi connectivity index (χ3n) is 4.19. The number of nitrogens with one attached hydrogen (secondary N) is 1. The second kappa shape index (κ2) is 6.13. The summed E-state index contributed by atoms with van der Waals surface area (Å²) < 4.78 is 5.42. The van der Waals surface area contributed by atoms with Gasteiger partial charge in [-0.1, -0.05) is 18.2 Å². The fraction of sp³-hybridized carbons (Fsp3) is 0.222. The lowest BCUT2D eigenvalue weighted by atomic mass is 10.1. The van der Waals surface area contributed by atoms with Crippen LogP contribution in [0.15, 0.2) is 51.0 Å². The van der Waals surface area contributed by atoms with Crippen LogP contribution < -0.4 is 15.8 Å². The highest BCUT2D eigenvalue weighted by atomic mass is 32.1. The average molecular weight is 340 g/mol. The van der Waals surface area contributed by atoms with Gasteiger partial charge < -0.3 is 14.6 Å². The van der Waals surface area contributed by atoms with Crippen LogP contribution in [-0.2, 0) is 0 Å². The van der Waals surface area contributed by atoms with Crippen LogP contribution in [0.5, 0.6) is 0 Å². The summed E-state index contributed by atoms with van der Waals surface area (Å²) >= 11 is 1.34. The molecule has 1 aliphatic heterocycles. The van der Waals surface area contributed by atoms with Crippen LogP contribution in [0.1, 0.15) is 22.5 Å². The number of hydrogen-bond acceptors (Lipinski definition) is 5. The van der Waals surface area contributed by atoms with E-state index in [-0.39, 0.29) is 11.6 Å². The third-order valence-corrected chi connectivity index (χ3v) is 5.06. The van der Waals surface area contributed by atoms with E-state index in [4.69, 9.17) is 4.42 Å². The Hall–Kier alpha value is -2.60. The van der Waals surface area contributed by atoms with Crippen molar-refractivity contribution >= 4 is 39.6 Å². The van der Waals surface area contributed by atoms with Crippen molar-refractivity contribution in [2.45, 2.75) is 12.8 Å². The molecule has 1 saturated heterocycles. The zero-order valence-electron chi connectivity index (χ0n) is 13.0. The number of amides is 1. The number of fused-ring (bicyclic) bond motifs is 1. The molecule has 3 aromatic rings. The largest absolute Gasteiger partial charge is 0.421 e. The van der Waals surface area contributed by atoms with E-state index in [1.54, 1.807) is 12.1 Å². The summed E-state index contributed by atoms with van der Waals surface area (Å²) in [5.41, 5.74) is 1.03. The molecule has 3 heterocycles. The molecular weight excluding hydrogens is 324 g/mol. The summed E-state index contributed by atoms with van der Waals surface area (Å²) in [4.78, 5) is 27.7. The molecule has 1 amide bonds. The van der Waals surface area contributed by atoms with E-state index in [2.05, 4.69) is 10.2 Å². The van der Waals surface area contributed by atoms with Crippen LogP contribution in [0.3, 0.4) is 0 Å². The highest BCUT2D eigenvalue weighted by Gasteiger charge is 2.24. The molecule has 0 unspecified atom stereocenters. The Bertz CT molecular complexity index is 941. The monoisotopic (exact) mass is 340 g/mol. The fourth-order valence-corrected chi connectivity index (χ4v) is 3.71. The zero-order valence-corrected chi connectivity index (χ0v) is 13.8. The van der Waals surface area contributed by atoms with E-state index < -0.39 is 5.63 Å². The lowest BCUT2D eigenvalue weighted by molar-refractivity contribution is 0.103. The number of nitrogens with zero attached hydrogens (tertiary/aromatic N) is 1. The number of carbonyl (C=O) groups excluding carboxylic acids is 1. The summed E-state index contributed by atoms with van der Waals surface area (Å²) in [6.07, 6.45) is 2.15. The van der Waals surface area contributed by atoms with Gasteiger partial charge in [-0.25, -0.2) is 4.79 Å². The minimum absolute atomic E-state index is 0.231.